The minimum absolute atomic E-state index is 0.0405. The first-order chi connectivity index (χ1) is 9.33. The largest absolute Gasteiger partial charge is 0.496 e. The van der Waals surface area contributed by atoms with Crippen LogP contribution in [0.4, 0.5) is 5.69 Å². The van der Waals surface area contributed by atoms with E-state index in [0.29, 0.717) is 22.9 Å². The minimum atomic E-state index is -0.124. The van der Waals surface area contributed by atoms with Gasteiger partial charge in [0, 0.05) is 11.2 Å². The topological polar surface area (TPSA) is 64.3 Å². The number of benzene rings is 1. The van der Waals surface area contributed by atoms with E-state index in [-0.39, 0.29) is 11.3 Å². The Labute approximate surface area is 122 Å². The molecule has 0 atom stereocenters. The first-order valence-corrected chi connectivity index (χ1v) is 7.28. The molecular formula is C15H20N2O2S. The monoisotopic (exact) mass is 292 g/mol. The zero-order valence-corrected chi connectivity index (χ0v) is 13.1. The van der Waals surface area contributed by atoms with Gasteiger partial charge >= 0.3 is 0 Å². The fourth-order valence-corrected chi connectivity index (χ4v) is 2.96. The Morgan fingerprint density at radius 3 is 2.70 bits per heavy atom. The van der Waals surface area contributed by atoms with Crippen molar-refractivity contribution in [3.05, 3.63) is 23.1 Å². The standard InChI is InChI=1S/C15H20N2O2S/c1-15(2,3)8-17-14(18)13-12(16)11-9(19-4)6-5-7-10(11)20-13/h5-7H,8,16H2,1-4H3,(H,17,18). The van der Waals surface area contributed by atoms with E-state index in [1.54, 1.807) is 7.11 Å². The number of carbonyl (C=O) groups is 1. The fourth-order valence-electron chi connectivity index (χ4n) is 1.90. The van der Waals surface area contributed by atoms with Crippen LogP contribution in [0.15, 0.2) is 18.2 Å². The third-order valence-electron chi connectivity index (χ3n) is 2.92. The lowest BCUT2D eigenvalue weighted by Gasteiger charge is -2.18. The Morgan fingerprint density at radius 2 is 2.10 bits per heavy atom. The summed E-state index contributed by atoms with van der Waals surface area (Å²) in [5.41, 5.74) is 6.66. The first kappa shape index (κ1) is 14.7. The predicted octanol–water partition coefficient (Wildman–Crippen LogP) is 3.27. The van der Waals surface area contributed by atoms with Crippen molar-refractivity contribution in [1.82, 2.24) is 5.32 Å². The lowest BCUT2D eigenvalue weighted by atomic mass is 9.97. The molecule has 5 heteroatoms. The number of nitrogens with one attached hydrogen (secondary N) is 1. The van der Waals surface area contributed by atoms with E-state index in [2.05, 4.69) is 26.1 Å². The molecule has 1 amide bonds. The number of amides is 1. The van der Waals surface area contributed by atoms with Gasteiger partial charge in [-0.25, -0.2) is 0 Å². The molecular weight excluding hydrogens is 272 g/mol. The molecule has 1 aromatic carbocycles. The highest BCUT2D eigenvalue weighted by Crippen LogP contribution is 2.39. The number of nitrogens with two attached hydrogens (primary N) is 1. The second-order valence-electron chi connectivity index (χ2n) is 5.92. The average molecular weight is 292 g/mol. The molecule has 1 aromatic heterocycles. The van der Waals surface area contributed by atoms with E-state index in [9.17, 15) is 4.79 Å². The summed E-state index contributed by atoms with van der Waals surface area (Å²) in [7, 11) is 1.60. The van der Waals surface area contributed by atoms with E-state index in [1.165, 1.54) is 11.3 Å². The van der Waals surface area contributed by atoms with Crippen LogP contribution >= 0.6 is 11.3 Å². The maximum atomic E-state index is 12.3. The van der Waals surface area contributed by atoms with Gasteiger partial charge in [0.05, 0.1) is 18.2 Å². The molecule has 3 N–H and O–H groups in total. The van der Waals surface area contributed by atoms with Gasteiger partial charge < -0.3 is 15.8 Å². The second-order valence-corrected chi connectivity index (χ2v) is 6.97. The average Bonchev–Trinajstić information content (AvgIpc) is 2.73. The Hall–Kier alpha value is -1.75. The van der Waals surface area contributed by atoms with Gasteiger partial charge in [-0.3, -0.25) is 4.79 Å². The number of methoxy groups -OCH3 is 1. The van der Waals surface area contributed by atoms with Crippen LogP contribution in [0.25, 0.3) is 10.1 Å². The third-order valence-corrected chi connectivity index (χ3v) is 4.09. The van der Waals surface area contributed by atoms with Crippen molar-refractivity contribution in [3.63, 3.8) is 0 Å². The maximum Gasteiger partial charge on any atom is 0.263 e. The van der Waals surface area contributed by atoms with Crippen LogP contribution in [0.2, 0.25) is 0 Å². The molecule has 0 aliphatic heterocycles. The van der Waals surface area contributed by atoms with Gasteiger partial charge in [0.15, 0.2) is 0 Å². The van der Waals surface area contributed by atoms with Crippen molar-refractivity contribution < 1.29 is 9.53 Å². The van der Waals surface area contributed by atoms with Crippen LogP contribution in [-0.2, 0) is 0 Å². The number of fused-ring (bicyclic) bond motifs is 1. The molecule has 20 heavy (non-hydrogen) atoms. The van der Waals surface area contributed by atoms with Gasteiger partial charge in [-0.05, 0) is 17.5 Å². The highest BCUT2D eigenvalue weighted by Gasteiger charge is 2.20. The molecule has 1 heterocycles. The zero-order valence-electron chi connectivity index (χ0n) is 12.2. The number of hydrogen-bond acceptors (Lipinski definition) is 4. The molecule has 0 unspecified atom stereocenters. The van der Waals surface area contributed by atoms with Crippen LogP contribution in [0.5, 0.6) is 5.75 Å². The van der Waals surface area contributed by atoms with E-state index >= 15 is 0 Å². The summed E-state index contributed by atoms with van der Waals surface area (Å²) in [4.78, 5) is 12.8. The molecule has 0 saturated carbocycles. The number of anilines is 1. The van der Waals surface area contributed by atoms with E-state index in [0.717, 1.165) is 10.1 Å². The van der Waals surface area contributed by atoms with Gasteiger partial charge in [0.1, 0.15) is 10.6 Å². The summed E-state index contributed by atoms with van der Waals surface area (Å²) in [6.07, 6.45) is 0. The number of ether oxygens (including phenoxy) is 1. The van der Waals surface area contributed by atoms with Crippen LogP contribution in [0, 0.1) is 5.41 Å². The van der Waals surface area contributed by atoms with Crippen LogP contribution in [-0.4, -0.2) is 19.6 Å². The van der Waals surface area contributed by atoms with Crippen LogP contribution in [0.3, 0.4) is 0 Å². The maximum absolute atomic E-state index is 12.3. The summed E-state index contributed by atoms with van der Waals surface area (Å²) in [5, 5.41) is 3.75. The number of hydrogen-bond donors (Lipinski definition) is 2. The Bertz CT molecular complexity index is 641. The van der Waals surface area contributed by atoms with Crippen molar-refractivity contribution in [2.75, 3.05) is 19.4 Å². The summed E-state index contributed by atoms with van der Waals surface area (Å²) >= 11 is 1.40. The van der Waals surface area contributed by atoms with Gasteiger partial charge in [-0.2, -0.15) is 0 Å². The molecule has 0 radical (unpaired) electrons. The van der Waals surface area contributed by atoms with Crippen molar-refractivity contribution in [2.45, 2.75) is 20.8 Å². The van der Waals surface area contributed by atoms with Gasteiger partial charge in [0.25, 0.3) is 5.91 Å². The molecule has 108 valence electrons. The molecule has 0 spiro atoms. The smallest absolute Gasteiger partial charge is 0.263 e. The van der Waals surface area contributed by atoms with Crippen LogP contribution in [0.1, 0.15) is 30.4 Å². The first-order valence-electron chi connectivity index (χ1n) is 6.46. The van der Waals surface area contributed by atoms with Gasteiger partial charge in [0.2, 0.25) is 0 Å². The molecule has 4 nitrogen and oxygen atoms in total. The lowest BCUT2D eigenvalue weighted by Crippen LogP contribution is -2.32. The summed E-state index contributed by atoms with van der Waals surface area (Å²) < 4.78 is 6.27. The SMILES string of the molecule is COc1cccc2sc(C(=O)NCC(C)(C)C)c(N)c12. The predicted molar refractivity (Wildman–Crippen MR) is 84.6 cm³/mol. The number of thiophene rings is 1. The zero-order chi connectivity index (χ0) is 14.9. The number of rotatable bonds is 3. The Morgan fingerprint density at radius 1 is 1.40 bits per heavy atom. The van der Waals surface area contributed by atoms with Crippen molar-refractivity contribution >= 4 is 33.0 Å². The lowest BCUT2D eigenvalue weighted by molar-refractivity contribution is 0.0944. The summed E-state index contributed by atoms with van der Waals surface area (Å²) in [6, 6.07) is 5.69. The van der Waals surface area contributed by atoms with Gasteiger partial charge in [-0.1, -0.05) is 26.8 Å². The normalized spacial score (nSPS) is 11.6. The van der Waals surface area contributed by atoms with E-state index < -0.39 is 0 Å². The highest BCUT2D eigenvalue weighted by molar-refractivity contribution is 7.21. The number of carbonyl (C=O) groups excluding carboxylic acids is 1. The quantitative estimate of drug-likeness (QED) is 0.912. The molecule has 0 fully saturated rings. The van der Waals surface area contributed by atoms with Crippen molar-refractivity contribution in [3.8, 4) is 5.75 Å². The fraction of sp³-hybridized carbons (Fsp3) is 0.400. The summed E-state index contributed by atoms with van der Waals surface area (Å²) in [5.74, 6) is 0.576. The molecule has 0 aliphatic carbocycles. The van der Waals surface area contributed by atoms with Crippen molar-refractivity contribution in [1.29, 1.82) is 0 Å². The molecule has 0 aliphatic rings. The Balaban J connectivity index is 2.36. The molecule has 0 saturated heterocycles. The summed E-state index contributed by atoms with van der Waals surface area (Å²) in [6.45, 7) is 6.83. The highest BCUT2D eigenvalue weighted by atomic mass is 32.1. The third kappa shape index (κ3) is 2.88. The van der Waals surface area contributed by atoms with Crippen molar-refractivity contribution in [2.24, 2.45) is 5.41 Å². The minimum Gasteiger partial charge on any atom is -0.496 e. The van der Waals surface area contributed by atoms with E-state index in [1.807, 2.05) is 18.2 Å². The van der Waals surface area contributed by atoms with E-state index in [4.69, 9.17) is 10.5 Å². The Kier molecular flexibility index (Phi) is 3.90. The molecule has 2 aromatic rings. The molecule has 2 rings (SSSR count). The van der Waals surface area contributed by atoms with Gasteiger partial charge in [-0.15, -0.1) is 11.3 Å². The van der Waals surface area contributed by atoms with Crippen LogP contribution < -0.4 is 15.8 Å². The second kappa shape index (κ2) is 5.32. The molecule has 0 bridgehead atoms. The number of nitrogen functional groups attached to an aromatic ring is 1.